The van der Waals surface area contributed by atoms with Gasteiger partial charge in [0.05, 0.1) is 24.9 Å². The van der Waals surface area contributed by atoms with Crippen LogP contribution in [0.25, 0.3) is 0 Å². The maximum Gasteiger partial charge on any atom is 0.306 e. The van der Waals surface area contributed by atoms with Crippen LogP contribution in [0.2, 0.25) is 0 Å². The van der Waals surface area contributed by atoms with Crippen LogP contribution >= 0.6 is 0 Å². The zero-order valence-electron chi connectivity index (χ0n) is 16.7. The van der Waals surface area contributed by atoms with Gasteiger partial charge >= 0.3 is 10.1 Å². The number of carbonyl (C=O) groups is 1. The summed E-state index contributed by atoms with van der Waals surface area (Å²) >= 11 is 0. The largest absolute Gasteiger partial charge is 0.493 e. The van der Waals surface area contributed by atoms with Crippen molar-refractivity contribution in [1.82, 2.24) is 4.90 Å². The molecule has 0 aliphatic rings. The molecular weight excluding hydrogens is 416 g/mol. The number of hydrogen-bond donors (Lipinski definition) is 0. The van der Waals surface area contributed by atoms with Gasteiger partial charge in [-0.25, -0.2) is 0 Å². The van der Waals surface area contributed by atoms with Gasteiger partial charge in [0.1, 0.15) is 0 Å². The lowest BCUT2D eigenvalue weighted by Crippen LogP contribution is -2.33. The van der Waals surface area contributed by atoms with Crippen LogP contribution < -0.4 is 8.92 Å². The molecule has 2 aromatic rings. The van der Waals surface area contributed by atoms with E-state index in [1.807, 2.05) is 0 Å². The Morgan fingerprint density at radius 2 is 1.87 bits per heavy atom. The van der Waals surface area contributed by atoms with Crippen LogP contribution in [0, 0.1) is 10.1 Å². The average Bonchev–Trinajstić information content (AvgIpc) is 2.69. The maximum atomic E-state index is 13.0. The summed E-state index contributed by atoms with van der Waals surface area (Å²) in [6.07, 6.45) is 0.913. The average molecular weight is 438 g/mol. The lowest BCUT2D eigenvalue weighted by atomic mass is 10.1. The number of nitrogens with zero attached hydrogens (tertiary/aromatic N) is 2. The van der Waals surface area contributed by atoms with Crippen LogP contribution in [0.1, 0.15) is 15.9 Å². The first-order valence-electron chi connectivity index (χ1n) is 8.73. The zero-order valence-corrected chi connectivity index (χ0v) is 17.5. The van der Waals surface area contributed by atoms with Crippen LogP contribution in [0.15, 0.2) is 42.5 Å². The van der Waals surface area contributed by atoms with Crippen LogP contribution in [0.4, 0.5) is 5.69 Å². The Morgan fingerprint density at radius 3 is 2.47 bits per heavy atom. The predicted molar refractivity (Wildman–Crippen MR) is 108 cm³/mol. The van der Waals surface area contributed by atoms with Crippen molar-refractivity contribution in [2.75, 3.05) is 33.6 Å². The molecule has 11 heteroatoms. The molecule has 162 valence electrons. The van der Waals surface area contributed by atoms with E-state index < -0.39 is 20.9 Å². The lowest BCUT2D eigenvalue weighted by molar-refractivity contribution is -0.384. The Labute approximate surface area is 174 Å². The molecule has 0 saturated carbocycles. The monoisotopic (exact) mass is 438 g/mol. The fourth-order valence-corrected chi connectivity index (χ4v) is 3.11. The van der Waals surface area contributed by atoms with E-state index in [1.54, 1.807) is 6.07 Å². The van der Waals surface area contributed by atoms with Gasteiger partial charge in [0.25, 0.3) is 11.6 Å². The van der Waals surface area contributed by atoms with Crippen LogP contribution in [-0.2, 0) is 21.4 Å². The fourth-order valence-electron chi connectivity index (χ4n) is 2.66. The molecule has 0 aromatic heterocycles. The quantitative estimate of drug-likeness (QED) is 0.314. The Kier molecular flexibility index (Phi) is 7.72. The highest BCUT2D eigenvalue weighted by Crippen LogP contribution is 2.30. The molecule has 0 radical (unpaired) electrons. The third kappa shape index (κ3) is 6.42. The number of amides is 1. The van der Waals surface area contributed by atoms with Crippen molar-refractivity contribution in [1.29, 1.82) is 0 Å². The minimum Gasteiger partial charge on any atom is -0.493 e. The predicted octanol–water partition coefficient (Wildman–Crippen LogP) is 2.23. The third-order valence-corrected chi connectivity index (χ3v) is 4.48. The van der Waals surface area contributed by atoms with E-state index in [-0.39, 0.29) is 42.4 Å². The van der Waals surface area contributed by atoms with Crippen molar-refractivity contribution in [2.24, 2.45) is 0 Å². The summed E-state index contributed by atoms with van der Waals surface area (Å²) in [6.45, 7) is 0.546. The number of methoxy groups -OCH3 is 2. The normalized spacial score (nSPS) is 11.0. The molecule has 0 saturated heterocycles. The molecule has 0 N–H and O–H groups in total. The van der Waals surface area contributed by atoms with Gasteiger partial charge in [0.2, 0.25) is 0 Å². The number of hydrogen-bond acceptors (Lipinski definition) is 8. The molecule has 0 bridgehead atoms. The summed E-state index contributed by atoms with van der Waals surface area (Å²) in [6, 6.07) is 10.1. The van der Waals surface area contributed by atoms with Crippen molar-refractivity contribution >= 4 is 21.7 Å². The van der Waals surface area contributed by atoms with Gasteiger partial charge in [-0.15, -0.1) is 0 Å². The smallest absolute Gasteiger partial charge is 0.306 e. The molecule has 1 amide bonds. The minimum atomic E-state index is -3.79. The highest BCUT2D eigenvalue weighted by Gasteiger charge is 2.20. The second-order valence-electron chi connectivity index (χ2n) is 6.30. The topological polar surface area (TPSA) is 125 Å². The number of rotatable bonds is 10. The van der Waals surface area contributed by atoms with Crippen LogP contribution in [0.3, 0.4) is 0 Å². The fraction of sp³-hybridized carbons (Fsp3) is 0.316. The van der Waals surface area contributed by atoms with Crippen molar-refractivity contribution in [3.05, 3.63) is 63.7 Å². The number of carbonyl (C=O) groups excluding carboxylic acids is 1. The van der Waals surface area contributed by atoms with Gasteiger partial charge in [-0.2, -0.15) is 8.42 Å². The SMILES string of the molecule is COCCN(Cc1ccc(OC)c(OS(C)(=O)=O)c1)C(=O)c1cccc([N+](=O)[O-])c1. The summed E-state index contributed by atoms with van der Waals surface area (Å²) in [7, 11) is -0.922. The zero-order chi connectivity index (χ0) is 22.3. The number of ether oxygens (including phenoxy) is 2. The number of nitro groups is 1. The van der Waals surface area contributed by atoms with Gasteiger partial charge in [-0.3, -0.25) is 14.9 Å². The first-order chi connectivity index (χ1) is 14.1. The summed E-state index contributed by atoms with van der Waals surface area (Å²) in [5.74, 6) is -0.221. The molecule has 0 spiro atoms. The Balaban J connectivity index is 2.34. The number of non-ortho nitro benzene ring substituents is 1. The third-order valence-electron chi connectivity index (χ3n) is 4.00. The molecule has 10 nitrogen and oxygen atoms in total. The molecule has 0 heterocycles. The molecule has 0 aliphatic carbocycles. The first-order valence-corrected chi connectivity index (χ1v) is 10.6. The summed E-state index contributed by atoms with van der Waals surface area (Å²) in [4.78, 5) is 24.8. The highest BCUT2D eigenvalue weighted by atomic mass is 32.2. The van der Waals surface area contributed by atoms with Crippen molar-refractivity contribution < 1.29 is 31.8 Å². The summed E-state index contributed by atoms with van der Waals surface area (Å²) in [5, 5.41) is 11.0. The molecule has 0 aliphatic heterocycles. The molecule has 30 heavy (non-hydrogen) atoms. The van der Waals surface area contributed by atoms with E-state index in [0.29, 0.717) is 5.56 Å². The van der Waals surface area contributed by atoms with E-state index in [1.165, 1.54) is 55.5 Å². The molecule has 2 rings (SSSR count). The van der Waals surface area contributed by atoms with Crippen LogP contribution in [0.5, 0.6) is 11.5 Å². The van der Waals surface area contributed by atoms with Crippen molar-refractivity contribution in [2.45, 2.75) is 6.54 Å². The highest BCUT2D eigenvalue weighted by molar-refractivity contribution is 7.86. The minimum absolute atomic E-state index is 0.00742. The molecule has 0 atom stereocenters. The van der Waals surface area contributed by atoms with Crippen molar-refractivity contribution in [3.63, 3.8) is 0 Å². The number of benzene rings is 2. The molecule has 2 aromatic carbocycles. The Bertz CT molecular complexity index is 1020. The summed E-state index contributed by atoms with van der Waals surface area (Å²) in [5.41, 5.74) is 0.534. The Morgan fingerprint density at radius 1 is 1.13 bits per heavy atom. The van der Waals surface area contributed by atoms with Gasteiger partial charge in [0, 0.05) is 37.9 Å². The van der Waals surface area contributed by atoms with E-state index in [9.17, 15) is 23.3 Å². The van der Waals surface area contributed by atoms with Gasteiger partial charge in [-0.1, -0.05) is 12.1 Å². The van der Waals surface area contributed by atoms with Gasteiger partial charge < -0.3 is 18.6 Å². The molecular formula is C19H22N2O8S. The van der Waals surface area contributed by atoms with E-state index in [0.717, 1.165) is 6.26 Å². The first kappa shape index (κ1) is 23.1. The summed E-state index contributed by atoms with van der Waals surface area (Å²) < 4.78 is 38.2. The standard InChI is InChI=1S/C19H22N2O8S/c1-27-10-9-20(19(22)15-5-4-6-16(12-15)21(23)24)13-14-7-8-17(28-2)18(11-14)29-30(3,25)26/h4-8,11-12H,9-10,13H2,1-3H3. The second kappa shape index (κ2) is 10.0. The van der Waals surface area contributed by atoms with E-state index >= 15 is 0 Å². The molecule has 0 unspecified atom stereocenters. The number of nitro benzene ring substituents is 1. The van der Waals surface area contributed by atoms with Crippen molar-refractivity contribution in [3.8, 4) is 11.5 Å². The second-order valence-corrected chi connectivity index (χ2v) is 7.87. The molecule has 0 fully saturated rings. The van der Waals surface area contributed by atoms with Gasteiger partial charge in [-0.05, 0) is 23.8 Å². The Hall–Kier alpha value is -3.18. The van der Waals surface area contributed by atoms with Gasteiger partial charge in [0.15, 0.2) is 11.5 Å². The van der Waals surface area contributed by atoms with Crippen LogP contribution in [-0.4, -0.2) is 57.8 Å². The van der Waals surface area contributed by atoms with E-state index in [4.69, 9.17) is 13.7 Å². The van der Waals surface area contributed by atoms with E-state index in [2.05, 4.69) is 0 Å². The lowest BCUT2D eigenvalue weighted by Gasteiger charge is -2.23. The maximum absolute atomic E-state index is 13.0.